The molecule has 1 aliphatic heterocycles. The van der Waals surface area contributed by atoms with Crippen LogP contribution in [0, 0.1) is 17.1 Å². The van der Waals surface area contributed by atoms with Crippen LogP contribution in [0.1, 0.15) is 60.6 Å². The normalized spacial score (nSPS) is 21.0. The van der Waals surface area contributed by atoms with Crippen molar-refractivity contribution in [3.8, 4) is 0 Å². The highest BCUT2D eigenvalue weighted by Gasteiger charge is 2.25. The van der Waals surface area contributed by atoms with Gasteiger partial charge in [-0.2, -0.15) is 0 Å². The number of fused-ring (bicyclic) bond motifs is 1. The smallest absolute Gasteiger partial charge is 0.255 e. The van der Waals surface area contributed by atoms with Crippen molar-refractivity contribution in [1.82, 2.24) is 25.6 Å². The molecule has 1 saturated carbocycles. The Morgan fingerprint density at radius 2 is 1.97 bits per heavy atom. The molecule has 1 saturated heterocycles. The number of nitrogens with zero attached hydrogens (tertiary/aromatic N) is 2. The average Bonchev–Trinajstić information content (AvgIpc) is 3.44. The lowest BCUT2D eigenvalue weighted by Gasteiger charge is -2.26. The number of halogens is 1. The van der Waals surface area contributed by atoms with Gasteiger partial charge in [-0.05, 0) is 69.3 Å². The standard InChI is InChI=1S/C25H30FN7O/c1-14-2-4-17(10-14)32-25(34)19-12-29-24-23(19)33-21(13-30-24)22(27)18-5-3-15(26)11-20(18)31-16-6-8-28-9-7-16/h3,5,11-14,16-17,27-28,31H,2,4,6-10H2,1H3,(H,29,30)(H,32,34). The number of nitrogens with one attached hydrogen (secondary N) is 5. The summed E-state index contributed by atoms with van der Waals surface area (Å²) >= 11 is 0. The van der Waals surface area contributed by atoms with Crippen LogP contribution >= 0.6 is 0 Å². The van der Waals surface area contributed by atoms with Crippen LogP contribution in [-0.2, 0) is 0 Å². The molecule has 2 unspecified atom stereocenters. The fourth-order valence-electron chi connectivity index (χ4n) is 4.96. The number of hydrogen-bond acceptors (Lipinski definition) is 6. The zero-order chi connectivity index (χ0) is 23.7. The fourth-order valence-corrected chi connectivity index (χ4v) is 4.96. The third-order valence-electron chi connectivity index (χ3n) is 6.86. The molecule has 1 amide bonds. The van der Waals surface area contributed by atoms with Gasteiger partial charge in [0, 0.05) is 29.5 Å². The number of piperidine rings is 1. The Morgan fingerprint density at radius 3 is 2.74 bits per heavy atom. The molecule has 2 aromatic heterocycles. The molecule has 3 aromatic rings. The molecule has 34 heavy (non-hydrogen) atoms. The molecular weight excluding hydrogens is 433 g/mol. The summed E-state index contributed by atoms with van der Waals surface area (Å²) in [4.78, 5) is 25.0. The summed E-state index contributed by atoms with van der Waals surface area (Å²) in [5.41, 5.74) is 2.92. The highest BCUT2D eigenvalue weighted by molar-refractivity contribution is 6.14. The van der Waals surface area contributed by atoms with Crippen LogP contribution in [0.3, 0.4) is 0 Å². The Balaban J connectivity index is 1.41. The van der Waals surface area contributed by atoms with Gasteiger partial charge in [-0.1, -0.05) is 6.92 Å². The molecule has 178 valence electrons. The number of H-pyrrole nitrogens is 1. The van der Waals surface area contributed by atoms with Crippen LogP contribution in [0.15, 0.2) is 30.6 Å². The Bertz CT molecular complexity index is 1220. The van der Waals surface area contributed by atoms with Crippen molar-refractivity contribution in [2.24, 2.45) is 5.92 Å². The molecule has 2 fully saturated rings. The van der Waals surface area contributed by atoms with Crippen molar-refractivity contribution in [3.63, 3.8) is 0 Å². The maximum Gasteiger partial charge on any atom is 0.255 e. The van der Waals surface area contributed by atoms with E-state index in [4.69, 9.17) is 5.41 Å². The van der Waals surface area contributed by atoms with Gasteiger partial charge in [0.2, 0.25) is 0 Å². The lowest BCUT2D eigenvalue weighted by molar-refractivity contribution is 0.0939. The van der Waals surface area contributed by atoms with Crippen molar-refractivity contribution in [3.05, 3.63) is 53.2 Å². The highest BCUT2D eigenvalue weighted by atomic mass is 19.1. The number of benzene rings is 1. The predicted octanol–water partition coefficient (Wildman–Crippen LogP) is 3.60. The van der Waals surface area contributed by atoms with E-state index in [1.54, 1.807) is 12.3 Å². The molecule has 2 atom stereocenters. The number of hydrogen-bond donors (Lipinski definition) is 5. The van der Waals surface area contributed by atoms with Crippen molar-refractivity contribution < 1.29 is 9.18 Å². The van der Waals surface area contributed by atoms with E-state index in [1.165, 1.54) is 18.3 Å². The summed E-state index contributed by atoms with van der Waals surface area (Å²) < 4.78 is 14.1. The van der Waals surface area contributed by atoms with E-state index in [-0.39, 0.29) is 29.5 Å². The van der Waals surface area contributed by atoms with E-state index < -0.39 is 0 Å². The molecule has 5 N–H and O–H groups in total. The Kier molecular flexibility index (Phi) is 6.28. The minimum Gasteiger partial charge on any atom is -0.382 e. The first-order valence-corrected chi connectivity index (χ1v) is 12.0. The van der Waals surface area contributed by atoms with Gasteiger partial charge in [0.25, 0.3) is 5.91 Å². The molecule has 2 aliphatic rings. The van der Waals surface area contributed by atoms with Gasteiger partial charge in [0.05, 0.1) is 17.5 Å². The van der Waals surface area contributed by atoms with E-state index in [1.807, 2.05) is 0 Å². The van der Waals surface area contributed by atoms with Gasteiger partial charge in [-0.15, -0.1) is 0 Å². The van der Waals surface area contributed by atoms with Crippen LogP contribution < -0.4 is 16.0 Å². The Morgan fingerprint density at radius 1 is 1.15 bits per heavy atom. The second-order valence-electron chi connectivity index (χ2n) is 9.48. The molecule has 8 nitrogen and oxygen atoms in total. The zero-order valence-corrected chi connectivity index (χ0v) is 19.2. The third-order valence-corrected chi connectivity index (χ3v) is 6.86. The van der Waals surface area contributed by atoms with Crippen molar-refractivity contribution in [2.45, 2.75) is 51.1 Å². The number of anilines is 1. The number of aromatic nitrogens is 3. The second-order valence-corrected chi connectivity index (χ2v) is 9.48. The number of aromatic amines is 1. The molecule has 1 aromatic carbocycles. The average molecular weight is 464 g/mol. The molecule has 0 spiro atoms. The second kappa shape index (κ2) is 9.50. The summed E-state index contributed by atoms with van der Waals surface area (Å²) in [6, 6.07) is 4.75. The minimum atomic E-state index is -0.361. The maximum atomic E-state index is 14.1. The summed E-state index contributed by atoms with van der Waals surface area (Å²) in [6.07, 6.45) is 8.06. The van der Waals surface area contributed by atoms with E-state index in [2.05, 4.69) is 37.8 Å². The van der Waals surface area contributed by atoms with E-state index in [0.29, 0.717) is 39.6 Å². The maximum absolute atomic E-state index is 14.1. The monoisotopic (exact) mass is 463 g/mol. The molecule has 5 rings (SSSR count). The predicted molar refractivity (Wildman–Crippen MR) is 130 cm³/mol. The van der Waals surface area contributed by atoms with Crippen LogP contribution in [-0.4, -0.2) is 51.7 Å². The Hall–Kier alpha value is -3.33. The van der Waals surface area contributed by atoms with Crippen LogP contribution in [0.25, 0.3) is 11.2 Å². The van der Waals surface area contributed by atoms with E-state index in [9.17, 15) is 9.18 Å². The number of rotatable bonds is 6. The first-order chi connectivity index (χ1) is 16.5. The van der Waals surface area contributed by atoms with Crippen LogP contribution in [0.4, 0.5) is 10.1 Å². The van der Waals surface area contributed by atoms with Crippen molar-refractivity contribution in [2.75, 3.05) is 18.4 Å². The lowest BCUT2D eigenvalue weighted by atomic mass is 10.0. The van der Waals surface area contributed by atoms with Gasteiger partial charge in [-0.25, -0.2) is 14.4 Å². The molecule has 1 aliphatic carbocycles. The summed E-state index contributed by atoms with van der Waals surface area (Å²) in [5, 5.41) is 18.7. The van der Waals surface area contributed by atoms with E-state index >= 15 is 0 Å². The van der Waals surface area contributed by atoms with Crippen molar-refractivity contribution in [1.29, 1.82) is 5.41 Å². The molecular formula is C25H30FN7O. The van der Waals surface area contributed by atoms with Gasteiger partial charge < -0.3 is 20.9 Å². The minimum absolute atomic E-state index is 0.128. The Labute approximate surface area is 197 Å². The van der Waals surface area contributed by atoms with Gasteiger partial charge in [0.15, 0.2) is 5.65 Å². The largest absolute Gasteiger partial charge is 0.382 e. The quantitative estimate of drug-likeness (QED) is 0.358. The third kappa shape index (κ3) is 4.65. The summed E-state index contributed by atoms with van der Waals surface area (Å²) in [5.74, 6) is 0.0715. The van der Waals surface area contributed by atoms with Gasteiger partial charge in [0.1, 0.15) is 17.0 Å². The fraction of sp³-hybridized carbons (Fsp3) is 0.440. The summed E-state index contributed by atoms with van der Waals surface area (Å²) in [7, 11) is 0. The molecule has 0 radical (unpaired) electrons. The first kappa shape index (κ1) is 22.5. The zero-order valence-electron chi connectivity index (χ0n) is 19.2. The van der Waals surface area contributed by atoms with Crippen LogP contribution in [0.5, 0.6) is 0 Å². The summed E-state index contributed by atoms with van der Waals surface area (Å²) in [6.45, 7) is 4.00. The van der Waals surface area contributed by atoms with Crippen LogP contribution in [0.2, 0.25) is 0 Å². The van der Waals surface area contributed by atoms with Gasteiger partial charge in [-0.3, -0.25) is 10.2 Å². The molecule has 3 heterocycles. The number of amides is 1. The number of carbonyl (C=O) groups excluding carboxylic acids is 1. The molecule has 0 bridgehead atoms. The first-order valence-electron chi connectivity index (χ1n) is 12.0. The molecule has 9 heteroatoms. The topological polar surface area (TPSA) is 119 Å². The SMILES string of the molecule is CC1CCC(NC(=O)c2c[nH]c3ncc(C(=N)c4ccc(F)cc4NC4CCNCC4)nc23)C1. The lowest BCUT2D eigenvalue weighted by Crippen LogP contribution is -2.35. The highest BCUT2D eigenvalue weighted by Crippen LogP contribution is 2.26. The van der Waals surface area contributed by atoms with E-state index in [0.717, 1.165) is 45.2 Å². The van der Waals surface area contributed by atoms with Crippen molar-refractivity contribution >= 4 is 28.5 Å². The number of carbonyl (C=O) groups is 1. The van der Waals surface area contributed by atoms with Gasteiger partial charge >= 0.3 is 0 Å².